The summed E-state index contributed by atoms with van der Waals surface area (Å²) >= 11 is 0. The number of anilines is 2. The zero-order chi connectivity index (χ0) is 13.3. The number of unbranched alkanes of at least 4 members (excludes halogenated alkanes) is 2. The molecule has 2 aromatic rings. The van der Waals surface area contributed by atoms with Gasteiger partial charge in [0, 0.05) is 6.20 Å². The third kappa shape index (κ3) is 4.54. The highest BCUT2D eigenvalue weighted by molar-refractivity contribution is 5.57. The van der Waals surface area contributed by atoms with Gasteiger partial charge in [-0.2, -0.15) is 0 Å². The van der Waals surface area contributed by atoms with Gasteiger partial charge in [0.25, 0.3) is 0 Å². The molecule has 2 rings (SSSR count). The van der Waals surface area contributed by atoms with E-state index in [0.29, 0.717) is 0 Å². The van der Waals surface area contributed by atoms with E-state index in [1.807, 2.05) is 30.3 Å². The van der Waals surface area contributed by atoms with Crippen LogP contribution < -0.4 is 5.32 Å². The molecule has 2 aromatic heterocycles. The molecule has 0 saturated carbocycles. The molecule has 0 amide bonds. The van der Waals surface area contributed by atoms with Crippen LogP contribution in [-0.2, 0) is 0 Å². The SMILES string of the molecule is CCCC/C=C/c1cccc(Nc2cccnc2)n1. The molecule has 0 bridgehead atoms. The highest BCUT2D eigenvalue weighted by Gasteiger charge is 1.96. The van der Waals surface area contributed by atoms with E-state index in [4.69, 9.17) is 0 Å². The van der Waals surface area contributed by atoms with Crippen LogP contribution in [0.1, 0.15) is 31.9 Å². The number of hydrogen-bond acceptors (Lipinski definition) is 3. The molecule has 0 unspecified atom stereocenters. The van der Waals surface area contributed by atoms with Crippen LogP contribution in [0.15, 0.2) is 48.8 Å². The molecule has 1 N–H and O–H groups in total. The highest BCUT2D eigenvalue weighted by Crippen LogP contribution is 2.13. The molecule has 2 heterocycles. The van der Waals surface area contributed by atoms with E-state index in [1.165, 1.54) is 12.8 Å². The Morgan fingerprint density at radius 2 is 2.16 bits per heavy atom. The summed E-state index contributed by atoms with van der Waals surface area (Å²) in [4.78, 5) is 8.61. The van der Waals surface area contributed by atoms with Gasteiger partial charge >= 0.3 is 0 Å². The van der Waals surface area contributed by atoms with Crippen LogP contribution >= 0.6 is 0 Å². The number of allylic oxidation sites excluding steroid dienone is 1. The van der Waals surface area contributed by atoms with Gasteiger partial charge in [0.1, 0.15) is 5.82 Å². The van der Waals surface area contributed by atoms with E-state index in [0.717, 1.165) is 23.6 Å². The fourth-order valence-electron chi connectivity index (χ4n) is 1.72. The van der Waals surface area contributed by atoms with Crippen LogP contribution in [0.2, 0.25) is 0 Å². The summed E-state index contributed by atoms with van der Waals surface area (Å²) in [6.45, 7) is 2.20. The maximum atomic E-state index is 4.54. The summed E-state index contributed by atoms with van der Waals surface area (Å²) in [6.07, 6.45) is 11.4. The van der Waals surface area contributed by atoms with Crippen LogP contribution in [0.4, 0.5) is 11.5 Å². The third-order valence-corrected chi connectivity index (χ3v) is 2.72. The van der Waals surface area contributed by atoms with Crippen LogP contribution in [0.3, 0.4) is 0 Å². The second kappa shape index (κ2) is 7.31. The molecular formula is C16H19N3. The van der Waals surface area contributed by atoms with Gasteiger partial charge in [-0.15, -0.1) is 0 Å². The minimum Gasteiger partial charge on any atom is -0.339 e. The van der Waals surface area contributed by atoms with Gasteiger partial charge in [0.05, 0.1) is 17.6 Å². The molecule has 98 valence electrons. The van der Waals surface area contributed by atoms with Gasteiger partial charge in [-0.1, -0.05) is 31.9 Å². The Balaban J connectivity index is 2.01. The zero-order valence-electron chi connectivity index (χ0n) is 11.2. The first kappa shape index (κ1) is 13.3. The smallest absolute Gasteiger partial charge is 0.131 e. The van der Waals surface area contributed by atoms with Crippen LogP contribution in [0.25, 0.3) is 6.08 Å². The monoisotopic (exact) mass is 253 g/mol. The predicted octanol–water partition coefficient (Wildman–Crippen LogP) is 4.42. The summed E-state index contributed by atoms with van der Waals surface area (Å²) in [6, 6.07) is 9.84. The number of rotatable bonds is 6. The number of nitrogens with zero attached hydrogens (tertiary/aromatic N) is 2. The lowest BCUT2D eigenvalue weighted by atomic mass is 10.2. The van der Waals surface area contributed by atoms with Gasteiger partial charge in [-0.25, -0.2) is 4.98 Å². The lowest BCUT2D eigenvalue weighted by Gasteiger charge is -2.05. The number of aromatic nitrogens is 2. The number of hydrogen-bond donors (Lipinski definition) is 1. The van der Waals surface area contributed by atoms with E-state index < -0.39 is 0 Å². The highest BCUT2D eigenvalue weighted by atomic mass is 15.0. The topological polar surface area (TPSA) is 37.8 Å². The van der Waals surface area contributed by atoms with Crippen molar-refractivity contribution in [1.82, 2.24) is 9.97 Å². The van der Waals surface area contributed by atoms with E-state index in [-0.39, 0.29) is 0 Å². The van der Waals surface area contributed by atoms with Crippen molar-refractivity contribution in [3.8, 4) is 0 Å². The Hall–Kier alpha value is -2.16. The molecule has 0 aliphatic carbocycles. The van der Waals surface area contributed by atoms with Gasteiger partial charge in [0.15, 0.2) is 0 Å². The van der Waals surface area contributed by atoms with Crippen LogP contribution in [0.5, 0.6) is 0 Å². The maximum Gasteiger partial charge on any atom is 0.131 e. The predicted molar refractivity (Wildman–Crippen MR) is 80.3 cm³/mol. The number of nitrogens with one attached hydrogen (secondary N) is 1. The van der Waals surface area contributed by atoms with Crippen molar-refractivity contribution >= 4 is 17.6 Å². The summed E-state index contributed by atoms with van der Waals surface area (Å²) < 4.78 is 0. The average molecular weight is 253 g/mol. The van der Waals surface area contributed by atoms with E-state index in [1.54, 1.807) is 12.4 Å². The molecule has 3 heteroatoms. The molecule has 0 fully saturated rings. The summed E-state index contributed by atoms with van der Waals surface area (Å²) in [7, 11) is 0. The maximum absolute atomic E-state index is 4.54. The molecule has 0 aromatic carbocycles. The quantitative estimate of drug-likeness (QED) is 0.774. The second-order valence-corrected chi connectivity index (χ2v) is 4.36. The lowest BCUT2D eigenvalue weighted by Crippen LogP contribution is -1.94. The standard InChI is InChI=1S/C16H19N3/c1-2-3-4-5-8-14-9-6-11-16(18-14)19-15-10-7-12-17-13-15/h5-13H,2-4H2,1H3,(H,18,19)/b8-5+. The largest absolute Gasteiger partial charge is 0.339 e. The Kier molecular flexibility index (Phi) is 5.11. The fourth-order valence-corrected chi connectivity index (χ4v) is 1.72. The van der Waals surface area contributed by atoms with Crippen molar-refractivity contribution in [2.24, 2.45) is 0 Å². The zero-order valence-corrected chi connectivity index (χ0v) is 11.2. The lowest BCUT2D eigenvalue weighted by molar-refractivity contribution is 0.816. The molecule has 0 atom stereocenters. The minimum absolute atomic E-state index is 0.839. The normalized spacial score (nSPS) is 10.8. The van der Waals surface area contributed by atoms with Crippen molar-refractivity contribution in [2.75, 3.05) is 5.32 Å². The van der Waals surface area contributed by atoms with Crippen molar-refractivity contribution in [1.29, 1.82) is 0 Å². The first-order chi connectivity index (χ1) is 9.38. The first-order valence-corrected chi connectivity index (χ1v) is 6.69. The van der Waals surface area contributed by atoms with Gasteiger partial charge in [-0.05, 0) is 36.8 Å². The third-order valence-electron chi connectivity index (χ3n) is 2.72. The van der Waals surface area contributed by atoms with Crippen LogP contribution in [0, 0.1) is 0 Å². The van der Waals surface area contributed by atoms with Crippen LogP contribution in [-0.4, -0.2) is 9.97 Å². The Morgan fingerprint density at radius 3 is 2.95 bits per heavy atom. The van der Waals surface area contributed by atoms with Crippen molar-refractivity contribution in [3.63, 3.8) is 0 Å². The Morgan fingerprint density at radius 1 is 1.21 bits per heavy atom. The molecule has 0 radical (unpaired) electrons. The molecule has 19 heavy (non-hydrogen) atoms. The van der Waals surface area contributed by atoms with E-state index >= 15 is 0 Å². The average Bonchev–Trinajstić information content (AvgIpc) is 2.45. The first-order valence-electron chi connectivity index (χ1n) is 6.69. The fraction of sp³-hybridized carbons (Fsp3) is 0.250. The van der Waals surface area contributed by atoms with Crippen molar-refractivity contribution in [3.05, 3.63) is 54.5 Å². The van der Waals surface area contributed by atoms with Gasteiger partial charge in [0.2, 0.25) is 0 Å². The molecule has 0 saturated heterocycles. The summed E-state index contributed by atoms with van der Waals surface area (Å²) in [5.41, 5.74) is 1.92. The van der Waals surface area contributed by atoms with Crippen molar-refractivity contribution in [2.45, 2.75) is 26.2 Å². The summed E-state index contributed by atoms with van der Waals surface area (Å²) in [5, 5.41) is 3.24. The second-order valence-electron chi connectivity index (χ2n) is 4.36. The molecular weight excluding hydrogens is 234 g/mol. The molecule has 0 aliphatic rings. The molecule has 0 spiro atoms. The van der Waals surface area contributed by atoms with Crippen molar-refractivity contribution < 1.29 is 0 Å². The molecule has 3 nitrogen and oxygen atoms in total. The van der Waals surface area contributed by atoms with E-state index in [9.17, 15) is 0 Å². The van der Waals surface area contributed by atoms with Gasteiger partial charge in [-0.3, -0.25) is 4.98 Å². The van der Waals surface area contributed by atoms with E-state index in [2.05, 4.69) is 34.4 Å². The molecule has 0 aliphatic heterocycles. The number of pyridine rings is 2. The minimum atomic E-state index is 0.839. The van der Waals surface area contributed by atoms with Gasteiger partial charge < -0.3 is 5.32 Å². The summed E-state index contributed by atoms with van der Waals surface area (Å²) in [5.74, 6) is 0.839. The Bertz CT molecular complexity index is 521. The Labute approximate surface area is 114 Å².